The fourth-order valence-electron chi connectivity index (χ4n) is 3.22. The molecular weight excluding hydrogens is 340 g/mol. The topological polar surface area (TPSA) is 44.8 Å². The third-order valence-electron chi connectivity index (χ3n) is 4.52. The highest BCUT2D eigenvalue weighted by atomic mass is 16.5. The van der Waals surface area contributed by atoms with Crippen molar-refractivity contribution >= 4 is 5.97 Å². The van der Waals surface area contributed by atoms with Crippen LogP contribution in [-0.4, -0.2) is 39.0 Å². The van der Waals surface area contributed by atoms with Crippen LogP contribution in [0.2, 0.25) is 0 Å². The second kappa shape index (κ2) is 17.5. The first-order valence-electron chi connectivity index (χ1n) is 11.2. The van der Waals surface area contributed by atoms with Crippen molar-refractivity contribution in [3.05, 3.63) is 0 Å². The lowest BCUT2D eigenvalue weighted by Gasteiger charge is -2.22. The minimum atomic E-state index is -0.110. The summed E-state index contributed by atoms with van der Waals surface area (Å²) in [6.07, 6.45) is 11.0. The van der Waals surface area contributed by atoms with Gasteiger partial charge in [-0.05, 0) is 37.0 Å². The predicted molar refractivity (Wildman–Crippen MR) is 113 cm³/mol. The van der Waals surface area contributed by atoms with Crippen molar-refractivity contribution in [2.45, 2.75) is 98.8 Å². The predicted octanol–water partition coefficient (Wildman–Crippen LogP) is 6.17. The summed E-state index contributed by atoms with van der Waals surface area (Å²) in [5.41, 5.74) is 0.332. The van der Waals surface area contributed by atoms with E-state index >= 15 is 0 Å². The number of rotatable bonds is 18. The number of carbonyl (C=O) groups excluding carboxylic acids is 1. The molecule has 0 aliphatic rings. The molecule has 0 aromatic carbocycles. The second-order valence-electron chi connectivity index (χ2n) is 8.98. The van der Waals surface area contributed by atoms with Gasteiger partial charge in [-0.15, -0.1) is 0 Å². The van der Waals surface area contributed by atoms with E-state index in [0.29, 0.717) is 50.6 Å². The molecule has 4 nitrogen and oxygen atoms in total. The van der Waals surface area contributed by atoms with E-state index in [1.54, 1.807) is 0 Å². The summed E-state index contributed by atoms with van der Waals surface area (Å²) in [4.78, 5) is 11.7. The summed E-state index contributed by atoms with van der Waals surface area (Å²) in [6.45, 7) is 14.4. The Morgan fingerprint density at radius 2 is 1.41 bits per heavy atom. The van der Waals surface area contributed by atoms with E-state index in [1.807, 2.05) is 0 Å². The first-order valence-corrected chi connectivity index (χ1v) is 11.2. The largest absolute Gasteiger partial charge is 0.466 e. The molecule has 0 aromatic rings. The fourth-order valence-corrected chi connectivity index (χ4v) is 3.22. The van der Waals surface area contributed by atoms with E-state index in [-0.39, 0.29) is 5.97 Å². The van der Waals surface area contributed by atoms with Gasteiger partial charge in [0.05, 0.1) is 19.8 Å². The van der Waals surface area contributed by atoms with Crippen LogP contribution in [0.5, 0.6) is 0 Å². The highest BCUT2D eigenvalue weighted by Gasteiger charge is 2.15. The quantitative estimate of drug-likeness (QED) is 0.209. The molecule has 27 heavy (non-hydrogen) atoms. The molecule has 0 fully saturated rings. The van der Waals surface area contributed by atoms with Crippen LogP contribution < -0.4 is 0 Å². The zero-order valence-electron chi connectivity index (χ0n) is 18.8. The molecule has 0 bridgehead atoms. The lowest BCUT2D eigenvalue weighted by atomic mass is 9.84. The van der Waals surface area contributed by atoms with Gasteiger partial charge in [0.15, 0.2) is 0 Å². The van der Waals surface area contributed by atoms with Crippen molar-refractivity contribution in [3.63, 3.8) is 0 Å². The summed E-state index contributed by atoms with van der Waals surface area (Å²) in [6, 6.07) is 0. The van der Waals surface area contributed by atoms with Crippen LogP contribution >= 0.6 is 0 Å². The monoisotopic (exact) mass is 386 g/mol. The first-order chi connectivity index (χ1) is 12.8. The van der Waals surface area contributed by atoms with Gasteiger partial charge in [0.1, 0.15) is 0 Å². The van der Waals surface area contributed by atoms with Crippen LogP contribution in [0.25, 0.3) is 0 Å². The molecule has 0 rings (SSSR count). The Hall–Kier alpha value is -0.610. The van der Waals surface area contributed by atoms with Gasteiger partial charge in [0.2, 0.25) is 0 Å². The average molecular weight is 387 g/mol. The third-order valence-corrected chi connectivity index (χ3v) is 4.52. The first kappa shape index (κ1) is 26.4. The fraction of sp³-hybridized carbons (Fsp3) is 0.957. The van der Waals surface area contributed by atoms with E-state index in [1.165, 1.54) is 32.1 Å². The number of esters is 1. The Morgan fingerprint density at radius 3 is 2.04 bits per heavy atom. The van der Waals surface area contributed by atoms with E-state index in [0.717, 1.165) is 25.9 Å². The smallest absolute Gasteiger partial charge is 0.305 e. The van der Waals surface area contributed by atoms with E-state index in [4.69, 9.17) is 14.2 Å². The van der Waals surface area contributed by atoms with Gasteiger partial charge in [-0.1, -0.05) is 66.7 Å². The second-order valence-corrected chi connectivity index (χ2v) is 8.98. The van der Waals surface area contributed by atoms with Gasteiger partial charge in [-0.25, -0.2) is 0 Å². The average Bonchev–Trinajstić information content (AvgIpc) is 2.57. The Balaban J connectivity index is 3.30. The molecule has 0 aliphatic carbocycles. The van der Waals surface area contributed by atoms with Crippen LogP contribution in [0, 0.1) is 11.3 Å². The number of ether oxygens (including phenoxy) is 3. The molecule has 0 heterocycles. The Kier molecular flexibility index (Phi) is 17.1. The van der Waals surface area contributed by atoms with Gasteiger partial charge in [-0.3, -0.25) is 4.79 Å². The van der Waals surface area contributed by atoms with Gasteiger partial charge in [-0.2, -0.15) is 0 Å². The Bertz CT molecular complexity index is 336. The minimum absolute atomic E-state index is 0.110. The highest BCUT2D eigenvalue weighted by Crippen LogP contribution is 2.25. The van der Waals surface area contributed by atoms with E-state index < -0.39 is 0 Å². The molecule has 0 saturated carbocycles. The summed E-state index contributed by atoms with van der Waals surface area (Å²) >= 11 is 0. The van der Waals surface area contributed by atoms with Crippen molar-refractivity contribution in [2.75, 3.05) is 33.0 Å². The van der Waals surface area contributed by atoms with Gasteiger partial charge < -0.3 is 14.2 Å². The third kappa shape index (κ3) is 21.5. The molecule has 1 atom stereocenters. The SMILES string of the molecule is CCCCCCCCOCCOCCCC(=O)OCCC(C)CC(C)(C)C. The molecule has 0 aromatic heterocycles. The lowest BCUT2D eigenvalue weighted by molar-refractivity contribution is -0.144. The summed E-state index contributed by atoms with van der Waals surface area (Å²) < 4.78 is 16.4. The molecule has 0 radical (unpaired) electrons. The summed E-state index contributed by atoms with van der Waals surface area (Å²) in [5.74, 6) is 0.471. The van der Waals surface area contributed by atoms with E-state index in [9.17, 15) is 4.79 Å². The van der Waals surface area contributed by atoms with Crippen LogP contribution in [-0.2, 0) is 19.0 Å². The van der Waals surface area contributed by atoms with Crippen molar-refractivity contribution in [3.8, 4) is 0 Å². The standard InChI is InChI=1S/C23H46O4/c1-6-7-8-9-10-11-15-25-18-19-26-16-12-13-22(24)27-17-14-21(2)20-23(3,4)5/h21H,6-20H2,1-5H3. The summed E-state index contributed by atoms with van der Waals surface area (Å²) in [7, 11) is 0. The maximum Gasteiger partial charge on any atom is 0.305 e. The molecular formula is C23H46O4. The molecule has 0 aliphatic heterocycles. The zero-order chi connectivity index (χ0) is 20.4. The van der Waals surface area contributed by atoms with Crippen molar-refractivity contribution in [2.24, 2.45) is 11.3 Å². The molecule has 0 saturated heterocycles. The molecule has 0 N–H and O–H groups in total. The van der Waals surface area contributed by atoms with Gasteiger partial charge in [0.25, 0.3) is 0 Å². The Morgan fingerprint density at radius 1 is 0.815 bits per heavy atom. The highest BCUT2D eigenvalue weighted by molar-refractivity contribution is 5.69. The molecule has 0 amide bonds. The maximum atomic E-state index is 11.7. The number of unbranched alkanes of at least 4 members (excludes halogenated alkanes) is 5. The van der Waals surface area contributed by atoms with E-state index in [2.05, 4.69) is 34.6 Å². The number of carbonyl (C=O) groups is 1. The maximum absolute atomic E-state index is 11.7. The van der Waals surface area contributed by atoms with Crippen LogP contribution in [0.15, 0.2) is 0 Å². The normalized spacial score (nSPS) is 12.9. The number of hydrogen-bond acceptors (Lipinski definition) is 4. The summed E-state index contributed by atoms with van der Waals surface area (Å²) in [5, 5.41) is 0. The van der Waals surface area contributed by atoms with Crippen LogP contribution in [0.4, 0.5) is 0 Å². The van der Waals surface area contributed by atoms with Crippen molar-refractivity contribution in [1.82, 2.24) is 0 Å². The molecule has 4 heteroatoms. The van der Waals surface area contributed by atoms with Gasteiger partial charge >= 0.3 is 5.97 Å². The minimum Gasteiger partial charge on any atom is -0.466 e. The molecule has 1 unspecified atom stereocenters. The Labute approximate surface area is 168 Å². The van der Waals surface area contributed by atoms with Crippen molar-refractivity contribution in [1.29, 1.82) is 0 Å². The van der Waals surface area contributed by atoms with Crippen LogP contribution in [0.1, 0.15) is 98.8 Å². The van der Waals surface area contributed by atoms with Crippen molar-refractivity contribution < 1.29 is 19.0 Å². The molecule has 0 spiro atoms. The van der Waals surface area contributed by atoms with Gasteiger partial charge in [0, 0.05) is 19.6 Å². The number of hydrogen-bond donors (Lipinski definition) is 0. The lowest BCUT2D eigenvalue weighted by Crippen LogP contribution is -2.14. The zero-order valence-corrected chi connectivity index (χ0v) is 18.8. The van der Waals surface area contributed by atoms with Crippen LogP contribution in [0.3, 0.4) is 0 Å². The molecule has 162 valence electrons.